The van der Waals surface area contributed by atoms with E-state index < -0.39 is 0 Å². The van der Waals surface area contributed by atoms with Gasteiger partial charge in [-0.05, 0) is 55.9 Å². The summed E-state index contributed by atoms with van der Waals surface area (Å²) in [4.78, 5) is 2.51. The Labute approximate surface area is 133 Å². The molecule has 0 aliphatic heterocycles. The number of nitrogens with zero attached hydrogens (tertiary/aromatic N) is 1. The topological polar surface area (TPSA) is 38.5 Å². The van der Waals surface area contributed by atoms with Crippen LogP contribution in [0.25, 0.3) is 0 Å². The minimum absolute atomic E-state index is 0.230. The number of aryl methyl sites for hydroxylation is 1. The monoisotopic (exact) mass is 310 g/mol. The van der Waals surface area contributed by atoms with Gasteiger partial charge in [-0.1, -0.05) is 17.7 Å². The Balaban J connectivity index is 2.24. The molecule has 1 aromatic rings. The van der Waals surface area contributed by atoms with Crippen LogP contribution in [0.3, 0.4) is 0 Å². The van der Waals surface area contributed by atoms with Gasteiger partial charge in [0, 0.05) is 37.3 Å². The van der Waals surface area contributed by atoms with Gasteiger partial charge in [0.15, 0.2) is 0 Å². The van der Waals surface area contributed by atoms with Crippen molar-refractivity contribution in [1.82, 2.24) is 4.90 Å². The second-order valence-corrected chi connectivity index (χ2v) is 6.50. The molecule has 1 aliphatic carbocycles. The Morgan fingerprint density at radius 3 is 2.67 bits per heavy atom. The van der Waals surface area contributed by atoms with Crippen LogP contribution < -0.4 is 5.73 Å². The van der Waals surface area contributed by atoms with Crippen LogP contribution in [0.1, 0.15) is 36.9 Å². The van der Waals surface area contributed by atoms with E-state index >= 15 is 0 Å². The molecule has 0 amide bonds. The first-order chi connectivity index (χ1) is 10.1. The number of ether oxygens (including phenoxy) is 1. The summed E-state index contributed by atoms with van der Waals surface area (Å²) in [6.45, 7) is 6.70. The number of rotatable bonds is 8. The lowest BCUT2D eigenvalue weighted by Crippen LogP contribution is -2.43. The lowest BCUT2D eigenvalue weighted by molar-refractivity contribution is 0.0832. The van der Waals surface area contributed by atoms with Crippen molar-refractivity contribution in [1.29, 1.82) is 0 Å². The third-order valence-corrected chi connectivity index (χ3v) is 4.83. The SMILES string of the molecule is COCCN(C(CN)c1ccc(Cl)cc1C)C(C)C1CC1. The average molecular weight is 311 g/mol. The van der Waals surface area contributed by atoms with Crippen LogP contribution >= 0.6 is 11.6 Å². The maximum Gasteiger partial charge on any atom is 0.0590 e. The van der Waals surface area contributed by atoms with E-state index in [0.717, 1.165) is 24.1 Å². The van der Waals surface area contributed by atoms with E-state index in [4.69, 9.17) is 22.1 Å². The molecule has 1 fully saturated rings. The minimum Gasteiger partial charge on any atom is -0.383 e. The van der Waals surface area contributed by atoms with E-state index in [9.17, 15) is 0 Å². The van der Waals surface area contributed by atoms with Gasteiger partial charge in [-0.2, -0.15) is 0 Å². The highest BCUT2D eigenvalue weighted by molar-refractivity contribution is 6.30. The molecule has 0 heterocycles. The second kappa shape index (κ2) is 7.59. The summed E-state index contributed by atoms with van der Waals surface area (Å²) in [5, 5.41) is 0.783. The molecule has 0 bridgehead atoms. The summed E-state index contributed by atoms with van der Waals surface area (Å²) in [6.07, 6.45) is 2.67. The van der Waals surface area contributed by atoms with E-state index in [1.807, 2.05) is 12.1 Å². The highest BCUT2D eigenvalue weighted by Crippen LogP contribution is 2.38. The number of benzene rings is 1. The molecule has 3 nitrogen and oxygen atoms in total. The van der Waals surface area contributed by atoms with Crippen LogP contribution in [-0.4, -0.2) is 37.7 Å². The second-order valence-electron chi connectivity index (χ2n) is 6.06. The highest BCUT2D eigenvalue weighted by atomic mass is 35.5. The average Bonchev–Trinajstić information content (AvgIpc) is 3.28. The largest absolute Gasteiger partial charge is 0.383 e. The first-order valence-electron chi connectivity index (χ1n) is 7.79. The third-order valence-electron chi connectivity index (χ3n) is 4.60. The normalized spacial score (nSPS) is 18.0. The molecule has 4 heteroatoms. The van der Waals surface area contributed by atoms with Crippen molar-refractivity contribution in [3.63, 3.8) is 0 Å². The fraction of sp³-hybridized carbons (Fsp3) is 0.647. The number of halogens is 1. The molecular weight excluding hydrogens is 284 g/mol. The summed E-state index contributed by atoms with van der Waals surface area (Å²) in [6, 6.07) is 6.88. The molecule has 0 saturated heterocycles. The van der Waals surface area contributed by atoms with Crippen LogP contribution in [-0.2, 0) is 4.74 Å². The lowest BCUT2D eigenvalue weighted by Gasteiger charge is -2.37. The Bertz CT molecular complexity index is 462. The minimum atomic E-state index is 0.230. The fourth-order valence-corrected chi connectivity index (χ4v) is 3.37. The lowest BCUT2D eigenvalue weighted by atomic mass is 9.97. The zero-order valence-corrected chi connectivity index (χ0v) is 14.1. The van der Waals surface area contributed by atoms with Crippen LogP contribution in [0.5, 0.6) is 0 Å². The predicted molar refractivity (Wildman–Crippen MR) is 88.8 cm³/mol. The molecule has 0 spiro atoms. The van der Waals surface area contributed by atoms with Gasteiger partial charge >= 0.3 is 0 Å². The zero-order valence-electron chi connectivity index (χ0n) is 13.3. The van der Waals surface area contributed by atoms with Gasteiger partial charge in [0.25, 0.3) is 0 Å². The number of nitrogens with two attached hydrogens (primary N) is 1. The highest BCUT2D eigenvalue weighted by Gasteiger charge is 2.35. The van der Waals surface area contributed by atoms with Gasteiger partial charge < -0.3 is 10.5 Å². The van der Waals surface area contributed by atoms with Crippen LogP contribution in [0.4, 0.5) is 0 Å². The Hall–Kier alpha value is -0.610. The summed E-state index contributed by atoms with van der Waals surface area (Å²) >= 11 is 6.09. The Morgan fingerprint density at radius 1 is 1.43 bits per heavy atom. The van der Waals surface area contributed by atoms with Gasteiger partial charge in [0.1, 0.15) is 0 Å². The number of hydrogen-bond acceptors (Lipinski definition) is 3. The van der Waals surface area contributed by atoms with E-state index in [2.05, 4.69) is 24.8 Å². The molecule has 2 unspecified atom stereocenters. The fourth-order valence-electron chi connectivity index (χ4n) is 3.14. The van der Waals surface area contributed by atoms with E-state index in [-0.39, 0.29) is 6.04 Å². The van der Waals surface area contributed by atoms with Crippen molar-refractivity contribution in [2.45, 2.75) is 38.8 Å². The van der Waals surface area contributed by atoms with Crippen molar-refractivity contribution >= 4 is 11.6 Å². The molecule has 0 aromatic heterocycles. The van der Waals surface area contributed by atoms with Crippen molar-refractivity contribution in [3.05, 3.63) is 34.3 Å². The molecule has 1 aromatic carbocycles. The van der Waals surface area contributed by atoms with E-state index in [1.165, 1.54) is 24.0 Å². The first kappa shape index (κ1) is 16.8. The molecule has 1 saturated carbocycles. The maximum absolute atomic E-state index is 6.13. The molecule has 118 valence electrons. The van der Waals surface area contributed by atoms with E-state index in [0.29, 0.717) is 12.6 Å². The Morgan fingerprint density at radius 2 is 2.14 bits per heavy atom. The number of methoxy groups -OCH3 is 1. The molecule has 21 heavy (non-hydrogen) atoms. The van der Waals surface area contributed by atoms with Crippen molar-refractivity contribution in [2.24, 2.45) is 11.7 Å². The first-order valence-corrected chi connectivity index (χ1v) is 8.17. The van der Waals surface area contributed by atoms with Crippen molar-refractivity contribution in [2.75, 3.05) is 26.8 Å². The van der Waals surface area contributed by atoms with Gasteiger partial charge in [-0.15, -0.1) is 0 Å². The van der Waals surface area contributed by atoms with Gasteiger partial charge in [0.2, 0.25) is 0 Å². The number of hydrogen-bond donors (Lipinski definition) is 1. The smallest absolute Gasteiger partial charge is 0.0590 e. The predicted octanol–water partition coefficient (Wildman–Crippen LogP) is 3.40. The summed E-state index contributed by atoms with van der Waals surface area (Å²) < 4.78 is 5.30. The van der Waals surface area contributed by atoms with Crippen LogP contribution in [0.15, 0.2) is 18.2 Å². The van der Waals surface area contributed by atoms with E-state index in [1.54, 1.807) is 7.11 Å². The molecule has 0 radical (unpaired) electrons. The van der Waals surface area contributed by atoms with Gasteiger partial charge in [0.05, 0.1) is 6.61 Å². The van der Waals surface area contributed by atoms with Crippen LogP contribution in [0.2, 0.25) is 5.02 Å². The maximum atomic E-state index is 6.13. The van der Waals surface area contributed by atoms with Crippen LogP contribution in [0, 0.1) is 12.8 Å². The third kappa shape index (κ3) is 4.19. The van der Waals surface area contributed by atoms with Crippen molar-refractivity contribution in [3.8, 4) is 0 Å². The summed E-state index contributed by atoms with van der Waals surface area (Å²) in [7, 11) is 1.75. The quantitative estimate of drug-likeness (QED) is 0.800. The molecule has 2 atom stereocenters. The molecule has 1 aliphatic rings. The van der Waals surface area contributed by atoms with Gasteiger partial charge in [-0.3, -0.25) is 4.90 Å². The molecular formula is C17H27ClN2O. The molecule has 2 N–H and O–H groups in total. The van der Waals surface area contributed by atoms with Crippen molar-refractivity contribution < 1.29 is 4.74 Å². The Kier molecular flexibility index (Phi) is 6.06. The molecule has 2 rings (SSSR count). The van der Waals surface area contributed by atoms with Gasteiger partial charge in [-0.25, -0.2) is 0 Å². The summed E-state index contributed by atoms with van der Waals surface area (Å²) in [5.74, 6) is 0.809. The zero-order chi connectivity index (χ0) is 15.4. The summed E-state index contributed by atoms with van der Waals surface area (Å²) in [5.41, 5.74) is 8.62. The standard InChI is InChI=1S/C17H27ClN2O/c1-12-10-15(18)6-7-16(12)17(11-19)20(8-9-21-3)13(2)14-4-5-14/h6-7,10,13-14,17H,4-5,8-9,11,19H2,1-3H3.